The van der Waals surface area contributed by atoms with Gasteiger partial charge in [0.05, 0.1) is 5.60 Å². The topological polar surface area (TPSA) is 24.5 Å². The zero-order chi connectivity index (χ0) is 13.6. The minimum absolute atomic E-state index is 0.0605. The van der Waals surface area contributed by atoms with E-state index in [4.69, 9.17) is 4.74 Å². The SMILES string of the molecule is CCCC(C)(CNC)CN1CCCC(C)(OC)C1. The van der Waals surface area contributed by atoms with Crippen molar-refractivity contribution in [2.24, 2.45) is 5.41 Å². The maximum Gasteiger partial charge on any atom is 0.0777 e. The third-order valence-corrected chi connectivity index (χ3v) is 4.29. The molecule has 0 aromatic carbocycles. The molecule has 0 spiro atoms. The van der Waals surface area contributed by atoms with Crippen molar-refractivity contribution in [3.63, 3.8) is 0 Å². The lowest BCUT2D eigenvalue weighted by Gasteiger charge is -2.43. The second-order valence-electron chi connectivity index (χ2n) is 6.56. The molecule has 0 radical (unpaired) electrons. The van der Waals surface area contributed by atoms with Crippen molar-refractivity contribution in [1.82, 2.24) is 10.2 Å². The predicted molar refractivity (Wildman–Crippen MR) is 78.0 cm³/mol. The molecule has 0 aliphatic carbocycles. The number of nitrogens with one attached hydrogen (secondary N) is 1. The van der Waals surface area contributed by atoms with Crippen LogP contribution in [0.2, 0.25) is 0 Å². The molecule has 0 aromatic heterocycles. The molecule has 0 amide bonds. The number of likely N-dealkylation sites (tertiary alicyclic amines) is 1. The average molecular weight is 256 g/mol. The molecule has 0 saturated carbocycles. The van der Waals surface area contributed by atoms with Gasteiger partial charge < -0.3 is 10.1 Å². The lowest BCUT2D eigenvalue weighted by atomic mass is 9.83. The maximum atomic E-state index is 5.69. The van der Waals surface area contributed by atoms with E-state index in [0.717, 1.165) is 13.1 Å². The summed E-state index contributed by atoms with van der Waals surface area (Å²) in [4.78, 5) is 2.60. The second kappa shape index (κ2) is 6.88. The number of rotatable bonds is 7. The van der Waals surface area contributed by atoms with Crippen LogP contribution in [-0.2, 0) is 4.74 Å². The smallest absolute Gasteiger partial charge is 0.0777 e. The summed E-state index contributed by atoms with van der Waals surface area (Å²) in [6, 6.07) is 0. The van der Waals surface area contributed by atoms with Crippen LogP contribution in [0.5, 0.6) is 0 Å². The van der Waals surface area contributed by atoms with Gasteiger partial charge in [0, 0.05) is 26.7 Å². The van der Waals surface area contributed by atoms with Gasteiger partial charge in [0.15, 0.2) is 0 Å². The maximum absolute atomic E-state index is 5.69. The largest absolute Gasteiger partial charge is 0.377 e. The highest BCUT2D eigenvalue weighted by Crippen LogP contribution is 2.29. The van der Waals surface area contributed by atoms with Crippen molar-refractivity contribution in [2.75, 3.05) is 40.3 Å². The van der Waals surface area contributed by atoms with Gasteiger partial charge in [-0.25, -0.2) is 0 Å². The molecule has 18 heavy (non-hydrogen) atoms. The molecule has 2 unspecified atom stereocenters. The van der Waals surface area contributed by atoms with Crippen molar-refractivity contribution < 1.29 is 4.74 Å². The van der Waals surface area contributed by atoms with E-state index in [0.29, 0.717) is 5.41 Å². The second-order valence-corrected chi connectivity index (χ2v) is 6.56. The van der Waals surface area contributed by atoms with Gasteiger partial charge in [-0.05, 0) is 45.2 Å². The summed E-state index contributed by atoms with van der Waals surface area (Å²) in [5.74, 6) is 0. The van der Waals surface area contributed by atoms with Gasteiger partial charge in [-0.15, -0.1) is 0 Å². The molecule has 1 N–H and O–H groups in total. The fourth-order valence-corrected chi connectivity index (χ4v) is 3.40. The van der Waals surface area contributed by atoms with Crippen LogP contribution in [-0.4, -0.2) is 50.8 Å². The molecule has 0 bridgehead atoms. The number of hydrogen-bond acceptors (Lipinski definition) is 3. The summed E-state index contributed by atoms with van der Waals surface area (Å²) in [5.41, 5.74) is 0.445. The van der Waals surface area contributed by atoms with Crippen LogP contribution in [0, 0.1) is 5.41 Å². The van der Waals surface area contributed by atoms with Crippen molar-refractivity contribution in [1.29, 1.82) is 0 Å². The highest BCUT2D eigenvalue weighted by Gasteiger charge is 2.34. The van der Waals surface area contributed by atoms with E-state index in [9.17, 15) is 0 Å². The molecular formula is C15H32N2O. The number of methoxy groups -OCH3 is 1. The molecule has 108 valence electrons. The molecule has 2 atom stereocenters. The monoisotopic (exact) mass is 256 g/mol. The Hall–Kier alpha value is -0.120. The van der Waals surface area contributed by atoms with Crippen LogP contribution in [0.15, 0.2) is 0 Å². The van der Waals surface area contributed by atoms with Crippen LogP contribution in [0.25, 0.3) is 0 Å². The van der Waals surface area contributed by atoms with Crippen LogP contribution in [0.1, 0.15) is 46.5 Å². The first-order chi connectivity index (χ1) is 8.47. The van der Waals surface area contributed by atoms with Crippen molar-refractivity contribution in [3.8, 4) is 0 Å². The van der Waals surface area contributed by atoms with Gasteiger partial charge in [0.1, 0.15) is 0 Å². The Balaban J connectivity index is 2.58. The van der Waals surface area contributed by atoms with Gasteiger partial charge in [-0.3, -0.25) is 4.90 Å². The molecule has 1 aliphatic rings. The highest BCUT2D eigenvalue weighted by molar-refractivity contribution is 4.88. The Morgan fingerprint density at radius 2 is 2.17 bits per heavy atom. The molecule has 1 rings (SSSR count). The third kappa shape index (κ3) is 4.52. The lowest BCUT2D eigenvalue weighted by molar-refractivity contribution is -0.0587. The van der Waals surface area contributed by atoms with Crippen molar-refractivity contribution in [3.05, 3.63) is 0 Å². The van der Waals surface area contributed by atoms with Crippen LogP contribution >= 0.6 is 0 Å². The zero-order valence-electron chi connectivity index (χ0n) is 13.0. The van der Waals surface area contributed by atoms with Gasteiger partial charge in [0.2, 0.25) is 0 Å². The molecule has 1 saturated heterocycles. The van der Waals surface area contributed by atoms with Crippen LogP contribution in [0.3, 0.4) is 0 Å². The molecule has 1 aliphatic heterocycles. The van der Waals surface area contributed by atoms with Gasteiger partial charge in [0.25, 0.3) is 0 Å². The summed E-state index contributed by atoms with van der Waals surface area (Å²) in [6.07, 6.45) is 4.99. The molecule has 0 aromatic rings. The van der Waals surface area contributed by atoms with Gasteiger partial charge in [-0.1, -0.05) is 20.3 Å². The number of hydrogen-bond donors (Lipinski definition) is 1. The fourth-order valence-electron chi connectivity index (χ4n) is 3.40. The minimum atomic E-state index is 0.0605. The van der Waals surface area contributed by atoms with E-state index in [1.165, 1.54) is 38.8 Å². The Kier molecular flexibility index (Phi) is 6.09. The summed E-state index contributed by atoms with van der Waals surface area (Å²) < 4.78 is 5.69. The van der Waals surface area contributed by atoms with E-state index in [1.54, 1.807) is 0 Å². The van der Waals surface area contributed by atoms with E-state index in [-0.39, 0.29) is 5.60 Å². The predicted octanol–water partition coefficient (Wildman–Crippen LogP) is 2.51. The Bertz CT molecular complexity index is 239. The molecular weight excluding hydrogens is 224 g/mol. The molecule has 1 fully saturated rings. The van der Waals surface area contributed by atoms with Crippen molar-refractivity contribution >= 4 is 0 Å². The average Bonchev–Trinajstić information content (AvgIpc) is 2.29. The lowest BCUT2D eigenvalue weighted by Crippen LogP contribution is -2.51. The van der Waals surface area contributed by atoms with E-state index in [2.05, 4.69) is 38.0 Å². The standard InChI is InChI=1S/C15H32N2O/c1-6-8-14(2,11-16-4)12-17-10-7-9-15(3,13-17)18-5/h16H,6-13H2,1-5H3. The molecule has 3 nitrogen and oxygen atoms in total. The zero-order valence-corrected chi connectivity index (χ0v) is 13.0. The first kappa shape index (κ1) is 15.9. The summed E-state index contributed by atoms with van der Waals surface area (Å²) in [6.45, 7) is 11.5. The third-order valence-electron chi connectivity index (χ3n) is 4.29. The van der Waals surface area contributed by atoms with E-state index < -0.39 is 0 Å². The summed E-state index contributed by atoms with van der Waals surface area (Å²) in [7, 11) is 3.91. The first-order valence-corrected chi connectivity index (χ1v) is 7.39. The fraction of sp³-hybridized carbons (Fsp3) is 1.00. The minimum Gasteiger partial charge on any atom is -0.377 e. The van der Waals surface area contributed by atoms with E-state index in [1.807, 2.05) is 7.11 Å². The Morgan fingerprint density at radius 3 is 2.72 bits per heavy atom. The van der Waals surface area contributed by atoms with Crippen LogP contribution in [0.4, 0.5) is 0 Å². The summed E-state index contributed by atoms with van der Waals surface area (Å²) >= 11 is 0. The Morgan fingerprint density at radius 1 is 1.44 bits per heavy atom. The van der Waals surface area contributed by atoms with Crippen LogP contribution < -0.4 is 5.32 Å². The number of ether oxygens (including phenoxy) is 1. The van der Waals surface area contributed by atoms with Gasteiger partial charge in [-0.2, -0.15) is 0 Å². The summed E-state index contributed by atoms with van der Waals surface area (Å²) in [5, 5.41) is 3.36. The quantitative estimate of drug-likeness (QED) is 0.757. The first-order valence-electron chi connectivity index (χ1n) is 7.39. The normalized spacial score (nSPS) is 29.2. The highest BCUT2D eigenvalue weighted by atomic mass is 16.5. The van der Waals surface area contributed by atoms with Gasteiger partial charge >= 0.3 is 0 Å². The van der Waals surface area contributed by atoms with Crippen molar-refractivity contribution in [2.45, 2.75) is 52.1 Å². The van der Waals surface area contributed by atoms with E-state index >= 15 is 0 Å². The number of piperidine rings is 1. The Labute approximate surface area is 113 Å². The molecule has 3 heteroatoms. The molecule has 1 heterocycles. The number of nitrogens with zero attached hydrogens (tertiary/aromatic N) is 1.